The van der Waals surface area contributed by atoms with Crippen molar-refractivity contribution >= 4 is 5.69 Å². The maximum absolute atomic E-state index is 6.08. The molecule has 0 fully saturated rings. The van der Waals surface area contributed by atoms with Crippen LogP contribution in [-0.4, -0.2) is 9.78 Å². The Morgan fingerprint density at radius 2 is 1.81 bits per heavy atom. The van der Waals surface area contributed by atoms with Gasteiger partial charge in [-0.15, -0.1) is 0 Å². The molecule has 1 aromatic rings. The molecule has 0 radical (unpaired) electrons. The van der Waals surface area contributed by atoms with Gasteiger partial charge in [0.15, 0.2) is 0 Å². The third-order valence-corrected chi connectivity index (χ3v) is 2.92. The highest BCUT2D eigenvalue weighted by molar-refractivity contribution is 5.48. The molecule has 0 saturated carbocycles. The summed E-state index contributed by atoms with van der Waals surface area (Å²) in [5, 5.41) is 4.59. The molecule has 0 spiro atoms. The van der Waals surface area contributed by atoms with Crippen LogP contribution < -0.4 is 5.73 Å². The Labute approximate surface area is 99.0 Å². The summed E-state index contributed by atoms with van der Waals surface area (Å²) in [4.78, 5) is 0. The molecule has 0 bridgehead atoms. The maximum Gasteiger partial charge on any atom is 0.0854 e. The predicted octanol–water partition coefficient (Wildman–Crippen LogP) is 3.03. The normalized spacial score (nSPS) is 12.1. The summed E-state index contributed by atoms with van der Waals surface area (Å²) in [6, 6.07) is 0. The molecule has 0 unspecified atom stereocenters. The van der Waals surface area contributed by atoms with Crippen LogP contribution in [0.4, 0.5) is 5.69 Å². The lowest BCUT2D eigenvalue weighted by Gasteiger charge is -2.18. The van der Waals surface area contributed by atoms with Crippen molar-refractivity contribution in [3.05, 3.63) is 11.4 Å². The van der Waals surface area contributed by atoms with Gasteiger partial charge >= 0.3 is 0 Å². The average molecular weight is 223 g/mol. The van der Waals surface area contributed by atoms with Crippen molar-refractivity contribution in [2.45, 2.75) is 60.4 Å². The largest absolute Gasteiger partial charge is 0.396 e. The molecule has 1 rings (SSSR count). The molecule has 92 valence electrons. The molecule has 3 nitrogen and oxygen atoms in total. The Hall–Kier alpha value is -0.990. The summed E-state index contributed by atoms with van der Waals surface area (Å²) in [6.45, 7) is 12.0. The first-order valence-corrected chi connectivity index (χ1v) is 6.23. The molecule has 1 heterocycles. The smallest absolute Gasteiger partial charge is 0.0854 e. The van der Waals surface area contributed by atoms with Gasteiger partial charge in [-0.1, -0.05) is 34.6 Å². The van der Waals surface area contributed by atoms with Crippen LogP contribution in [0.25, 0.3) is 0 Å². The van der Waals surface area contributed by atoms with Crippen molar-refractivity contribution in [1.29, 1.82) is 0 Å². The van der Waals surface area contributed by atoms with Gasteiger partial charge in [0.05, 0.1) is 17.1 Å². The lowest BCUT2D eigenvalue weighted by Crippen LogP contribution is -2.13. The summed E-state index contributed by atoms with van der Waals surface area (Å²) in [5.74, 6) is 0. The van der Waals surface area contributed by atoms with E-state index in [4.69, 9.17) is 5.73 Å². The van der Waals surface area contributed by atoms with E-state index in [1.807, 2.05) is 0 Å². The lowest BCUT2D eigenvalue weighted by molar-refractivity contribution is 0.337. The number of hydrogen-bond donors (Lipinski definition) is 1. The molecular weight excluding hydrogens is 198 g/mol. The van der Waals surface area contributed by atoms with Crippen molar-refractivity contribution in [3.8, 4) is 0 Å². The van der Waals surface area contributed by atoms with Gasteiger partial charge in [0.1, 0.15) is 0 Å². The number of anilines is 1. The number of hydrogen-bond acceptors (Lipinski definition) is 2. The molecule has 3 heteroatoms. The molecule has 0 aliphatic heterocycles. The molecule has 0 aliphatic carbocycles. The van der Waals surface area contributed by atoms with Crippen LogP contribution in [0.1, 0.15) is 52.4 Å². The summed E-state index contributed by atoms with van der Waals surface area (Å²) in [7, 11) is 0. The predicted molar refractivity (Wildman–Crippen MR) is 69.5 cm³/mol. The van der Waals surface area contributed by atoms with Crippen LogP contribution >= 0.6 is 0 Å². The van der Waals surface area contributed by atoms with E-state index in [1.54, 1.807) is 0 Å². The Morgan fingerprint density at radius 3 is 2.25 bits per heavy atom. The molecule has 1 aromatic heterocycles. The van der Waals surface area contributed by atoms with E-state index in [0.717, 1.165) is 37.2 Å². The minimum atomic E-state index is 0.345. The first-order valence-electron chi connectivity index (χ1n) is 6.23. The van der Waals surface area contributed by atoms with Crippen LogP contribution in [0.3, 0.4) is 0 Å². The molecule has 0 aromatic carbocycles. The van der Waals surface area contributed by atoms with Crippen LogP contribution in [0.5, 0.6) is 0 Å². The molecular formula is C13H25N3. The van der Waals surface area contributed by atoms with Crippen LogP contribution in [0.15, 0.2) is 0 Å². The van der Waals surface area contributed by atoms with E-state index in [2.05, 4.69) is 44.4 Å². The second-order valence-corrected chi connectivity index (χ2v) is 5.55. The number of rotatable bonds is 4. The van der Waals surface area contributed by atoms with Crippen molar-refractivity contribution in [2.75, 3.05) is 5.73 Å². The minimum absolute atomic E-state index is 0.345. The zero-order valence-electron chi connectivity index (χ0n) is 11.3. The van der Waals surface area contributed by atoms with Crippen LogP contribution in [0, 0.1) is 5.41 Å². The van der Waals surface area contributed by atoms with Gasteiger partial charge in [0.25, 0.3) is 0 Å². The fourth-order valence-electron chi connectivity index (χ4n) is 1.83. The SMILES string of the molecule is CCc1nn(CCC(C)(C)C)c(CC)c1N. The van der Waals surface area contributed by atoms with Crippen LogP contribution in [-0.2, 0) is 19.4 Å². The van der Waals surface area contributed by atoms with Crippen molar-refractivity contribution < 1.29 is 0 Å². The summed E-state index contributed by atoms with van der Waals surface area (Å²) < 4.78 is 2.10. The highest BCUT2D eigenvalue weighted by Gasteiger charge is 2.15. The van der Waals surface area contributed by atoms with E-state index in [9.17, 15) is 0 Å². The number of nitrogens with zero attached hydrogens (tertiary/aromatic N) is 2. The van der Waals surface area contributed by atoms with Crippen molar-refractivity contribution in [2.24, 2.45) is 5.41 Å². The Balaban J connectivity index is 2.87. The molecule has 0 amide bonds. The second kappa shape index (κ2) is 4.89. The quantitative estimate of drug-likeness (QED) is 0.852. The fraction of sp³-hybridized carbons (Fsp3) is 0.769. The molecule has 0 aliphatic rings. The van der Waals surface area contributed by atoms with Gasteiger partial charge in [0.2, 0.25) is 0 Å². The molecule has 0 saturated heterocycles. The number of aryl methyl sites for hydroxylation is 2. The maximum atomic E-state index is 6.08. The Bertz CT molecular complexity index is 345. The fourth-order valence-corrected chi connectivity index (χ4v) is 1.83. The summed E-state index contributed by atoms with van der Waals surface area (Å²) in [5.41, 5.74) is 9.57. The van der Waals surface area contributed by atoms with Gasteiger partial charge < -0.3 is 5.73 Å². The van der Waals surface area contributed by atoms with E-state index < -0.39 is 0 Å². The zero-order chi connectivity index (χ0) is 12.3. The number of nitrogen functional groups attached to an aromatic ring is 1. The average Bonchev–Trinajstić information content (AvgIpc) is 2.50. The zero-order valence-corrected chi connectivity index (χ0v) is 11.3. The highest BCUT2D eigenvalue weighted by Crippen LogP contribution is 2.23. The lowest BCUT2D eigenvalue weighted by atomic mass is 9.92. The first kappa shape index (κ1) is 13.1. The summed E-state index contributed by atoms with van der Waals surface area (Å²) >= 11 is 0. The first-order chi connectivity index (χ1) is 7.39. The van der Waals surface area contributed by atoms with Gasteiger partial charge in [-0.2, -0.15) is 5.10 Å². The monoisotopic (exact) mass is 223 g/mol. The standard InChI is InChI=1S/C13H25N3/c1-6-10-12(14)11(7-2)16(15-10)9-8-13(3,4)5/h6-9,14H2,1-5H3. The highest BCUT2D eigenvalue weighted by atomic mass is 15.3. The topological polar surface area (TPSA) is 43.8 Å². The minimum Gasteiger partial charge on any atom is -0.396 e. The van der Waals surface area contributed by atoms with Gasteiger partial charge in [-0.3, -0.25) is 4.68 Å². The van der Waals surface area contributed by atoms with E-state index >= 15 is 0 Å². The van der Waals surface area contributed by atoms with Crippen molar-refractivity contribution in [1.82, 2.24) is 9.78 Å². The molecule has 0 atom stereocenters. The third-order valence-electron chi connectivity index (χ3n) is 2.92. The van der Waals surface area contributed by atoms with E-state index in [1.165, 1.54) is 5.69 Å². The number of aromatic nitrogens is 2. The Kier molecular flexibility index (Phi) is 4.00. The van der Waals surface area contributed by atoms with Gasteiger partial charge in [-0.05, 0) is 24.7 Å². The van der Waals surface area contributed by atoms with Gasteiger partial charge in [-0.25, -0.2) is 0 Å². The van der Waals surface area contributed by atoms with Gasteiger partial charge in [0, 0.05) is 6.54 Å². The molecule has 2 N–H and O–H groups in total. The Morgan fingerprint density at radius 1 is 1.19 bits per heavy atom. The second-order valence-electron chi connectivity index (χ2n) is 5.55. The third kappa shape index (κ3) is 3.00. The van der Waals surface area contributed by atoms with Crippen LogP contribution in [0.2, 0.25) is 0 Å². The molecule has 16 heavy (non-hydrogen) atoms. The number of nitrogens with two attached hydrogens (primary N) is 1. The van der Waals surface area contributed by atoms with E-state index in [0.29, 0.717) is 5.41 Å². The van der Waals surface area contributed by atoms with Crippen molar-refractivity contribution in [3.63, 3.8) is 0 Å². The summed E-state index contributed by atoms with van der Waals surface area (Å²) in [6.07, 6.45) is 3.01. The van der Waals surface area contributed by atoms with E-state index in [-0.39, 0.29) is 0 Å².